The smallest absolute Gasteiger partial charge is 0.165 e. The lowest BCUT2D eigenvalue weighted by atomic mass is 9.68. The molecule has 0 amide bonds. The Morgan fingerprint density at radius 3 is 1.39 bits per heavy atom. The summed E-state index contributed by atoms with van der Waals surface area (Å²) < 4.78 is 0. The van der Waals surface area contributed by atoms with Crippen molar-refractivity contribution in [2.45, 2.75) is 5.41 Å². The summed E-state index contributed by atoms with van der Waals surface area (Å²) in [4.78, 5) is 25.1. The lowest BCUT2D eigenvalue weighted by molar-refractivity contribution is 0.764. The maximum Gasteiger partial charge on any atom is 0.165 e. The molecule has 5 nitrogen and oxygen atoms in total. The van der Waals surface area contributed by atoms with Crippen molar-refractivity contribution >= 4 is 0 Å². The third-order valence-corrected chi connectivity index (χ3v) is 9.32. The van der Waals surface area contributed by atoms with Gasteiger partial charge in [0.05, 0.1) is 16.8 Å². The van der Waals surface area contributed by atoms with Crippen molar-refractivity contribution in [3.8, 4) is 56.7 Å². The van der Waals surface area contributed by atoms with E-state index in [1.165, 1.54) is 0 Å². The van der Waals surface area contributed by atoms with Crippen molar-refractivity contribution in [2.24, 2.45) is 0 Å². The number of pyridine rings is 2. The number of benzene rings is 5. The summed E-state index contributed by atoms with van der Waals surface area (Å²) in [5, 5.41) is 0. The fourth-order valence-electron chi connectivity index (χ4n) is 7.06. The van der Waals surface area contributed by atoms with Crippen molar-refractivity contribution in [3.05, 3.63) is 198 Å². The van der Waals surface area contributed by atoms with E-state index >= 15 is 0 Å². The molecule has 5 aromatic carbocycles. The summed E-state index contributed by atoms with van der Waals surface area (Å²) in [6, 6.07) is 56.5. The van der Waals surface area contributed by atoms with Crippen LogP contribution in [-0.2, 0) is 5.41 Å². The van der Waals surface area contributed by atoms with E-state index < -0.39 is 5.41 Å². The topological polar surface area (TPSA) is 64.5 Å². The largest absolute Gasteiger partial charge is 0.254 e. The van der Waals surface area contributed by atoms with Crippen molar-refractivity contribution in [1.29, 1.82) is 0 Å². The molecular formula is C44H29N5. The molecule has 0 saturated heterocycles. The van der Waals surface area contributed by atoms with Gasteiger partial charge in [-0.05, 0) is 39.9 Å². The van der Waals surface area contributed by atoms with Gasteiger partial charge < -0.3 is 0 Å². The predicted molar refractivity (Wildman–Crippen MR) is 194 cm³/mol. The van der Waals surface area contributed by atoms with Crippen LogP contribution in [0.3, 0.4) is 0 Å². The third kappa shape index (κ3) is 4.83. The molecular weight excluding hydrogens is 599 g/mol. The number of fused-ring (bicyclic) bond motifs is 3. The quantitative estimate of drug-likeness (QED) is 0.184. The Morgan fingerprint density at radius 2 is 0.796 bits per heavy atom. The summed E-state index contributed by atoms with van der Waals surface area (Å²) in [5.74, 6) is 1.77. The second-order valence-corrected chi connectivity index (χ2v) is 12.1. The summed E-state index contributed by atoms with van der Waals surface area (Å²) in [5.41, 5.74) is 10.5. The Bertz CT molecular complexity index is 2370. The number of rotatable bonds is 6. The molecule has 0 radical (unpaired) electrons. The zero-order valence-electron chi connectivity index (χ0n) is 26.5. The molecule has 0 saturated carbocycles. The Hall–Kier alpha value is -6.59. The van der Waals surface area contributed by atoms with E-state index in [0.29, 0.717) is 17.5 Å². The molecule has 3 heterocycles. The molecule has 0 fully saturated rings. The van der Waals surface area contributed by atoms with Crippen LogP contribution in [0.25, 0.3) is 56.7 Å². The predicted octanol–water partition coefficient (Wildman–Crippen LogP) is 9.69. The minimum absolute atomic E-state index is 0.560. The van der Waals surface area contributed by atoms with Crippen molar-refractivity contribution in [1.82, 2.24) is 24.9 Å². The first-order chi connectivity index (χ1) is 24.3. The molecule has 5 heteroatoms. The van der Waals surface area contributed by atoms with Gasteiger partial charge in [0.2, 0.25) is 0 Å². The van der Waals surface area contributed by atoms with E-state index in [1.54, 1.807) is 0 Å². The highest BCUT2D eigenvalue weighted by Crippen LogP contribution is 2.55. The van der Waals surface area contributed by atoms with Crippen LogP contribution in [0.15, 0.2) is 176 Å². The lowest BCUT2D eigenvalue weighted by Gasteiger charge is -2.33. The van der Waals surface area contributed by atoms with Gasteiger partial charge in [0.15, 0.2) is 17.5 Å². The molecule has 0 aliphatic heterocycles. The lowest BCUT2D eigenvalue weighted by Crippen LogP contribution is -2.28. The molecule has 0 spiro atoms. The Labute approximate surface area is 284 Å². The Kier molecular flexibility index (Phi) is 6.95. The molecule has 49 heavy (non-hydrogen) atoms. The molecule has 1 aliphatic rings. The number of hydrogen-bond donors (Lipinski definition) is 0. The summed E-state index contributed by atoms with van der Waals surface area (Å²) in [6.45, 7) is 0. The van der Waals surface area contributed by atoms with Gasteiger partial charge in [-0.2, -0.15) is 0 Å². The summed E-state index contributed by atoms with van der Waals surface area (Å²) in [7, 11) is 0. The maximum atomic E-state index is 5.11. The second kappa shape index (κ2) is 11.9. The number of aromatic nitrogens is 5. The summed E-state index contributed by atoms with van der Waals surface area (Å²) in [6.07, 6.45) is 3.72. The van der Waals surface area contributed by atoms with Crippen LogP contribution < -0.4 is 0 Å². The first-order valence-electron chi connectivity index (χ1n) is 16.3. The van der Waals surface area contributed by atoms with Crippen molar-refractivity contribution < 1.29 is 0 Å². The van der Waals surface area contributed by atoms with Gasteiger partial charge in [-0.3, -0.25) is 9.97 Å². The molecule has 0 N–H and O–H groups in total. The molecule has 3 aromatic heterocycles. The highest BCUT2D eigenvalue weighted by atomic mass is 15.0. The van der Waals surface area contributed by atoms with Crippen LogP contribution in [0.5, 0.6) is 0 Å². The fourth-order valence-corrected chi connectivity index (χ4v) is 7.06. The minimum atomic E-state index is -0.629. The second-order valence-electron chi connectivity index (χ2n) is 12.1. The molecule has 0 unspecified atom stereocenters. The fraction of sp³-hybridized carbons (Fsp3) is 0.0227. The maximum absolute atomic E-state index is 5.11. The first-order valence-corrected chi connectivity index (χ1v) is 16.3. The van der Waals surface area contributed by atoms with Gasteiger partial charge in [-0.25, -0.2) is 15.0 Å². The van der Waals surface area contributed by atoms with Crippen LogP contribution >= 0.6 is 0 Å². The number of hydrogen-bond acceptors (Lipinski definition) is 5. The minimum Gasteiger partial charge on any atom is -0.254 e. The van der Waals surface area contributed by atoms with Crippen molar-refractivity contribution in [3.63, 3.8) is 0 Å². The molecule has 0 atom stereocenters. The van der Waals surface area contributed by atoms with Gasteiger partial charge in [0, 0.05) is 34.6 Å². The normalized spacial score (nSPS) is 12.7. The van der Waals surface area contributed by atoms with E-state index in [0.717, 1.165) is 61.5 Å². The van der Waals surface area contributed by atoms with Gasteiger partial charge in [-0.15, -0.1) is 0 Å². The van der Waals surface area contributed by atoms with Crippen LogP contribution in [0.2, 0.25) is 0 Å². The van der Waals surface area contributed by atoms with Gasteiger partial charge in [0.25, 0.3) is 0 Å². The average molecular weight is 628 g/mol. The van der Waals surface area contributed by atoms with Crippen LogP contribution in [-0.4, -0.2) is 24.9 Å². The van der Waals surface area contributed by atoms with Crippen LogP contribution in [0.1, 0.15) is 22.3 Å². The SMILES string of the molecule is c1ccc(-c2ccc(-c3nc(-c4ccccc4)nc(-c4cnc5c(c4)C(c4ccccc4)(c4ccccc4)c4cccnc4-5)n3)cc2)cc1. The van der Waals surface area contributed by atoms with Gasteiger partial charge >= 0.3 is 0 Å². The molecule has 1 aliphatic carbocycles. The molecule has 9 rings (SSSR count). The highest BCUT2D eigenvalue weighted by molar-refractivity contribution is 5.83. The first kappa shape index (κ1) is 28.6. The van der Waals surface area contributed by atoms with Crippen LogP contribution in [0.4, 0.5) is 0 Å². The third-order valence-electron chi connectivity index (χ3n) is 9.32. The molecule has 0 bridgehead atoms. The zero-order valence-corrected chi connectivity index (χ0v) is 26.5. The van der Waals surface area contributed by atoms with Crippen molar-refractivity contribution in [2.75, 3.05) is 0 Å². The summed E-state index contributed by atoms with van der Waals surface area (Å²) >= 11 is 0. The van der Waals surface area contributed by atoms with Crippen LogP contribution in [0, 0.1) is 0 Å². The van der Waals surface area contributed by atoms with E-state index in [2.05, 4.69) is 121 Å². The average Bonchev–Trinajstić information content (AvgIpc) is 3.49. The molecule has 230 valence electrons. The number of nitrogens with zero attached hydrogens (tertiary/aromatic N) is 5. The highest BCUT2D eigenvalue weighted by Gasteiger charge is 2.47. The zero-order chi connectivity index (χ0) is 32.6. The van der Waals surface area contributed by atoms with Gasteiger partial charge in [0.1, 0.15) is 0 Å². The standard InChI is InChI=1S/C44H29N5/c1-5-14-30(15-6-1)31-23-25-33(26-24-31)42-47-41(32-16-7-2-8-17-32)48-43(49-42)34-28-38-40(46-29-34)39-37(22-13-27-45-39)44(38,35-18-9-3-10-19-35)36-20-11-4-12-21-36/h1-29H. The molecule has 8 aromatic rings. The monoisotopic (exact) mass is 627 g/mol. The Balaban J connectivity index is 1.25. The van der Waals surface area contributed by atoms with E-state index in [-0.39, 0.29) is 0 Å². The van der Waals surface area contributed by atoms with E-state index in [1.807, 2.05) is 54.9 Å². The van der Waals surface area contributed by atoms with E-state index in [9.17, 15) is 0 Å². The van der Waals surface area contributed by atoms with Gasteiger partial charge in [-0.1, -0.05) is 152 Å². The Morgan fingerprint density at radius 1 is 0.347 bits per heavy atom. The van der Waals surface area contributed by atoms with E-state index in [4.69, 9.17) is 24.9 Å².